The Morgan fingerprint density at radius 2 is 1.82 bits per heavy atom. The van der Waals surface area contributed by atoms with Crippen LogP contribution in [0.15, 0.2) is 65.8 Å². The fraction of sp³-hybridized carbons (Fsp3) is 0.182. The summed E-state index contributed by atoms with van der Waals surface area (Å²) >= 11 is 0. The second-order valence-corrected chi connectivity index (χ2v) is 6.37. The van der Waals surface area contributed by atoms with Gasteiger partial charge in [0, 0.05) is 24.1 Å². The van der Waals surface area contributed by atoms with Gasteiger partial charge in [-0.25, -0.2) is 9.82 Å². The molecule has 0 saturated carbocycles. The summed E-state index contributed by atoms with van der Waals surface area (Å²) in [7, 11) is 1.48. The molecule has 144 valence electrons. The monoisotopic (exact) mass is 379 g/mol. The molecule has 1 amide bonds. The first-order chi connectivity index (χ1) is 13.5. The van der Waals surface area contributed by atoms with Crippen molar-refractivity contribution in [3.8, 4) is 5.69 Å². The smallest absolute Gasteiger partial charge is 0.273 e. The highest BCUT2D eigenvalue weighted by Crippen LogP contribution is 2.22. The summed E-state index contributed by atoms with van der Waals surface area (Å²) < 4.78 is 21.3. The van der Waals surface area contributed by atoms with Gasteiger partial charge in [-0.2, -0.15) is 5.10 Å². The minimum atomic E-state index is -0.746. The second-order valence-electron chi connectivity index (χ2n) is 6.37. The number of ether oxygens (including phenoxy) is 1. The minimum absolute atomic E-state index is 0.299. The van der Waals surface area contributed by atoms with Gasteiger partial charge >= 0.3 is 0 Å². The first-order valence-corrected chi connectivity index (χ1v) is 8.87. The van der Waals surface area contributed by atoms with E-state index in [9.17, 15) is 9.18 Å². The lowest BCUT2D eigenvalue weighted by Gasteiger charge is -2.13. The number of nitrogens with zero attached hydrogens (tertiary/aromatic N) is 2. The summed E-state index contributed by atoms with van der Waals surface area (Å²) in [5, 5.41) is 4.06. The van der Waals surface area contributed by atoms with Gasteiger partial charge in [0.25, 0.3) is 5.91 Å². The van der Waals surface area contributed by atoms with Crippen molar-refractivity contribution in [2.45, 2.75) is 20.0 Å². The molecule has 0 bridgehead atoms. The molecule has 2 aromatic carbocycles. The van der Waals surface area contributed by atoms with Crippen molar-refractivity contribution < 1.29 is 13.9 Å². The quantitative estimate of drug-likeness (QED) is 0.518. The third-order valence-electron chi connectivity index (χ3n) is 4.52. The van der Waals surface area contributed by atoms with Crippen LogP contribution in [0.25, 0.3) is 5.69 Å². The Morgan fingerprint density at radius 3 is 2.50 bits per heavy atom. The third kappa shape index (κ3) is 4.02. The highest BCUT2D eigenvalue weighted by atomic mass is 19.1. The van der Waals surface area contributed by atoms with Crippen LogP contribution in [0.5, 0.6) is 0 Å². The molecule has 1 heterocycles. The molecule has 0 aliphatic carbocycles. The number of hydrazone groups is 1. The highest BCUT2D eigenvalue weighted by molar-refractivity contribution is 5.86. The summed E-state index contributed by atoms with van der Waals surface area (Å²) in [5.74, 6) is -0.667. The molecule has 3 aromatic rings. The van der Waals surface area contributed by atoms with E-state index in [-0.39, 0.29) is 11.7 Å². The van der Waals surface area contributed by atoms with Crippen molar-refractivity contribution in [3.63, 3.8) is 0 Å². The van der Waals surface area contributed by atoms with Gasteiger partial charge in [0.05, 0.1) is 11.9 Å². The van der Waals surface area contributed by atoms with Crippen molar-refractivity contribution in [1.82, 2.24) is 9.99 Å². The average Bonchev–Trinajstić information content (AvgIpc) is 2.97. The van der Waals surface area contributed by atoms with E-state index < -0.39 is 6.10 Å². The van der Waals surface area contributed by atoms with Gasteiger partial charge in [-0.3, -0.25) is 4.79 Å². The molecule has 1 atom stereocenters. The standard InChI is InChI=1S/C22H22FN3O2/c1-15-13-18(16(2)26(15)20-12-8-7-11-19(20)23)14-24-25-22(27)21(28-3)17-9-5-4-6-10-17/h4-14,21H,1-3H3,(H,25,27)/b24-14+. The van der Waals surface area contributed by atoms with E-state index in [1.807, 2.05) is 54.8 Å². The Balaban J connectivity index is 1.77. The molecule has 5 nitrogen and oxygen atoms in total. The van der Waals surface area contributed by atoms with Gasteiger partial charge in [0.2, 0.25) is 0 Å². The summed E-state index contributed by atoms with van der Waals surface area (Å²) in [6.45, 7) is 3.77. The van der Waals surface area contributed by atoms with Gasteiger partial charge in [0.15, 0.2) is 6.10 Å². The maximum Gasteiger partial charge on any atom is 0.273 e. The highest BCUT2D eigenvalue weighted by Gasteiger charge is 2.19. The summed E-state index contributed by atoms with van der Waals surface area (Å²) in [6, 6.07) is 17.7. The van der Waals surface area contributed by atoms with Gasteiger partial charge in [-0.1, -0.05) is 42.5 Å². The normalized spacial score (nSPS) is 12.3. The molecule has 0 saturated heterocycles. The van der Waals surface area contributed by atoms with Crippen LogP contribution in [0.2, 0.25) is 0 Å². The van der Waals surface area contributed by atoms with E-state index in [1.54, 1.807) is 24.4 Å². The Morgan fingerprint density at radius 1 is 1.14 bits per heavy atom. The number of hydrogen-bond donors (Lipinski definition) is 1. The average molecular weight is 379 g/mol. The zero-order chi connectivity index (χ0) is 20.1. The van der Waals surface area contributed by atoms with Crippen LogP contribution in [0, 0.1) is 19.7 Å². The lowest BCUT2D eigenvalue weighted by Crippen LogP contribution is -2.26. The van der Waals surface area contributed by atoms with E-state index in [0.717, 1.165) is 22.5 Å². The Kier molecular flexibility index (Phi) is 6.01. The number of halogens is 1. The van der Waals surface area contributed by atoms with Crippen LogP contribution < -0.4 is 5.43 Å². The predicted octanol–water partition coefficient (Wildman–Crippen LogP) is 4.07. The Bertz CT molecular complexity index is 996. The van der Waals surface area contributed by atoms with E-state index in [1.165, 1.54) is 13.2 Å². The number of rotatable bonds is 6. The molecule has 6 heteroatoms. The number of aryl methyl sites for hydroxylation is 1. The number of nitrogens with one attached hydrogen (secondary N) is 1. The lowest BCUT2D eigenvalue weighted by atomic mass is 10.1. The van der Waals surface area contributed by atoms with Crippen LogP contribution in [0.3, 0.4) is 0 Å². The van der Waals surface area contributed by atoms with Crippen LogP contribution in [0.1, 0.15) is 28.6 Å². The van der Waals surface area contributed by atoms with Crippen molar-refractivity contribution >= 4 is 12.1 Å². The van der Waals surface area contributed by atoms with Crippen molar-refractivity contribution in [2.75, 3.05) is 7.11 Å². The number of methoxy groups -OCH3 is 1. The van der Waals surface area contributed by atoms with Crippen LogP contribution in [0.4, 0.5) is 4.39 Å². The molecule has 0 radical (unpaired) electrons. The third-order valence-corrected chi connectivity index (χ3v) is 4.52. The molecule has 0 fully saturated rings. The molecule has 0 aliphatic heterocycles. The minimum Gasteiger partial charge on any atom is -0.367 e. The molecule has 0 spiro atoms. The largest absolute Gasteiger partial charge is 0.367 e. The number of carbonyl (C=O) groups excluding carboxylic acids is 1. The van der Waals surface area contributed by atoms with E-state index in [4.69, 9.17) is 4.74 Å². The predicted molar refractivity (Wildman–Crippen MR) is 107 cm³/mol. The van der Waals surface area contributed by atoms with Gasteiger partial charge in [-0.15, -0.1) is 0 Å². The lowest BCUT2D eigenvalue weighted by molar-refractivity contribution is -0.131. The zero-order valence-electron chi connectivity index (χ0n) is 16.0. The SMILES string of the molecule is COC(C(=O)N/N=C/c1cc(C)n(-c2ccccc2F)c1C)c1ccccc1. The Hall–Kier alpha value is -3.25. The van der Waals surface area contributed by atoms with Crippen LogP contribution in [-0.2, 0) is 9.53 Å². The molecule has 0 aliphatic rings. The molecule has 1 unspecified atom stereocenters. The maximum absolute atomic E-state index is 14.2. The molecule has 3 rings (SSSR count). The summed E-state index contributed by atoms with van der Waals surface area (Å²) in [5.41, 5.74) is 6.21. The summed E-state index contributed by atoms with van der Waals surface area (Å²) in [6.07, 6.45) is 0.805. The number of hydrogen-bond acceptors (Lipinski definition) is 3. The first kappa shape index (κ1) is 19.5. The van der Waals surface area contributed by atoms with Crippen LogP contribution in [-0.4, -0.2) is 23.8 Å². The maximum atomic E-state index is 14.2. The first-order valence-electron chi connectivity index (χ1n) is 8.87. The summed E-state index contributed by atoms with van der Waals surface area (Å²) in [4.78, 5) is 12.4. The number of carbonyl (C=O) groups is 1. The van der Waals surface area contributed by atoms with Gasteiger partial charge < -0.3 is 9.30 Å². The topological polar surface area (TPSA) is 55.6 Å². The van der Waals surface area contributed by atoms with Crippen molar-refractivity contribution in [1.29, 1.82) is 0 Å². The zero-order valence-corrected chi connectivity index (χ0v) is 16.0. The van der Waals surface area contributed by atoms with E-state index in [0.29, 0.717) is 5.69 Å². The fourth-order valence-electron chi connectivity index (χ4n) is 3.17. The Labute approximate surface area is 163 Å². The number of amides is 1. The number of aromatic nitrogens is 1. The number of para-hydroxylation sites is 1. The van der Waals surface area contributed by atoms with Crippen LogP contribution >= 0.6 is 0 Å². The molecule has 1 aromatic heterocycles. The molecule has 1 N–H and O–H groups in total. The molecular weight excluding hydrogens is 357 g/mol. The number of benzene rings is 2. The van der Waals surface area contributed by atoms with E-state index in [2.05, 4.69) is 10.5 Å². The molecular formula is C22H22FN3O2. The second kappa shape index (κ2) is 8.63. The molecule has 28 heavy (non-hydrogen) atoms. The van der Waals surface area contributed by atoms with Gasteiger partial charge in [-0.05, 0) is 37.6 Å². The fourth-order valence-corrected chi connectivity index (χ4v) is 3.17. The van der Waals surface area contributed by atoms with Crippen molar-refractivity contribution in [3.05, 3.63) is 89.0 Å². The van der Waals surface area contributed by atoms with Gasteiger partial charge in [0.1, 0.15) is 5.82 Å². The van der Waals surface area contributed by atoms with Crippen molar-refractivity contribution in [2.24, 2.45) is 5.10 Å². The van der Waals surface area contributed by atoms with E-state index >= 15 is 0 Å².